The largest absolute Gasteiger partial charge is 0.493 e. The number of nitrogens with one attached hydrogen (secondary N) is 1. The molecule has 0 bridgehead atoms. The number of ether oxygens (including phenoxy) is 1. The molecule has 3 aliphatic rings. The van der Waals surface area contributed by atoms with Crippen LogP contribution in [0.4, 0.5) is 0 Å². The van der Waals surface area contributed by atoms with Gasteiger partial charge in [0.25, 0.3) is 0 Å². The molecule has 0 radical (unpaired) electrons. The van der Waals surface area contributed by atoms with Crippen LogP contribution in [0, 0.1) is 17.8 Å². The average molecular weight is 258 g/mol. The number of benzene rings is 1. The maximum Gasteiger partial charge on any atom is 0.127 e. The van der Waals surface area contributed by atoms with Crippen molar-refractivity contribution in [3.63, 3.8) is 0 Å². The highest BCUT2D eigenvalue weighted by molar-refractivity contribution is 5.45. The molecule has 2 aliphatic carbocycles. The van der Waals surface area contributed by atoms with Gasteiger partial charge in [0.2, 0.25) is 0 Å². The van der Waals surface area contributed by atoms with Crippen LogP contribution in [-0.4, -0.2) is 6.61 Å². The molecular formula is C16H22N2O. The standard InChI is InChI=1S/C16H22N2O/c17-18-15(13-8-11-7-12(11)9-13)14-5-1-3-10-4-2-6-19-16(10)14/h1,3,5,11-13,15,18H,2,4,6-9,17H2. The molecule has 102 valence electrons. The summed E-state index contributed by atoms with van der Waals surface area (Å²) < 4.78 is 5.94. The van der Waals surface area contributed by atoms with Gasteiger partial charge in [-0.15, -0.1) is 0 Å². The lowest BCUT2D eigenvalue weighted by Crippen LogP contribution is -2.34. The van der Waals surface area contributed by atoms with Crippen molar-refractivity contribution >= 4 is 0 Å². The summed E-state index contributed by atoms with van der Waals surface area (Å²) in [5, 5.41) is 0. The van der Waals surface area contributed by atoms with Crippen LogP contribution >= 0.6 is 0 Å². The van der Waals surface area contributed by atoms with Crippen LogP contribution in [0.1, 0.15) is 42.9 Å². The van der Waals surface area contributed by atoms with Gasteiger partial charge in [-0.3, -0.25) is 11.3 Å². The Bertz CT molecular complexity index is 478. The molecule has 1 aromatic carbocycles. The fourth-order valence-electron chi connectivity index (χ4n) is 4.17. The Morgan fingerprint density at radius 2 is 2.05 bits per heavy atom. The number of hydrazine groups is 1. The predicted molar refractivity (Wildman–Crippen MR) is 74.6 cm³/mol. The summed E-state index contributed by atoms with van der Waals surface area (Å²) >= 11 is 0. The van der Waals surface area contributed by atoms with Crippen molar-refractivity contribution in [1.82, 2.24) is 5.43 Å². The minimum absolute atomic E-state index is 0.265. The number of nitrogens with two attached hydrogens (primary N) is 1. The van der Waals surface area contributed by atoms with Crippen LogP contribution in [0.5, 0.6) is 5.75 Å². The maximum atomic E-state index is 5.94. The van der Waals surface area contributed by atoms with E-state index in [-0.39, 0.29) is 6.04 Å². The Morgan fingerprint density at radius 1 is 1.21 bits per heavy atom. The van der Waals surface area contributed by atoms with Crippen LogP contribution in [0.2, 0.25) is 0 Å². The fourth-order valence-corrected chi connectivity index (χ4v) is 4.17. The van der Waals surface area contributed by atoms with Crippen molar-refractivity contribution in [3.05, 3.63) is 29.3 Å². The Morgan fingerprint density at radius 3 is 2.84 bits per heavy atom. The molecule has 4 rings (SSSR count). The molecular weight excluding hydrogens is 236 g/mol. The van der Waals surface area contributed by atoms with Gasteiger partial charge in [0.1, 0.15) is 5.75 Å². The van der Waals surface area contributed by atoms with Crippen molar-refractivity contribution < 1.29 is 4.74 Å². The molecule has 2 saturated carbocycles. The zero-order valence-electron chi connectivity index (χ0n) is 11.3. The van der Waals surface area contributed by atoms with Gasteiger partial charge in [0, 0.05) is 5.56 Å². The first-order chi connectivity index (χ1) is 9.36. The highest BCUT2D eigenvalue weighted by Crippen LogP contribution is 2.57. The second-order valence-corrected chi connectivity index (χ2v) is 6.42. The number of aryl methyl sites for hydroxylation is 1. The Hall–Kier alpha value is -1.06. The van der Waals surface area contributed by atoms with Crippen molar-refractivity contribution in [3.8, 4) is 5.75 Å². The van der Waals surface area contributed by atoms with Crippen LogP contribution < -0.4 is 16.0 Å². The normalized spacial score (nSPS) is 33.2. The molecule has 0 spiro atoms. The highest BCUT2D eigenvalue weighted by Gasteiger charge is 2.48. The topological polar surface area (TPSA) is 47.3 Å². The monoisotopic (exact) mass is 258 g/mol. The zero-order valence-corrected chi connectivity index (χ0v) is 11.3. The van der Waals surface area contributed by atoms with E-state index in [0.29, 0.717) is 5.92 Å². The van der Waals surface area contributed by atoms with E-state index >= 15 is 0 Å². The van der Waals surface area contributed by atoms with Crippen molar-refractivity contribution in [1.29, 1.82) is 0 Å². The molecule has 2 fully saturated rings. The minimum atomic E-state index is 0.265. The minimum Gasteiger partial charge on any atom is -0.493 e. The van der Waals surface area contributed by atoms with Crippen molar-refractivity contribution in [2.75, 3.05) is 6.61 Å². The molecule has 3 unspecified atom stereocenters. The first-order valence-corrected chi connectivity index (χ1v) is 7.57. The van der Waals surface area contributed by atoms with E-state index in [0.717, 1.165) is 37.0 Å². The number of fused-ring (bicyclic) bond motifs is 2. The van der Waals surface area contributed by atoms with E-state index in [4.69, 9.17) is 10.6 Å². The number of hydrogen-bond acceptors (Lipinski definition) is 3. The lowest BCUT2D eigenvalue weighted by Gasteiger charge is -2.29. The fraction of sp³-hybridized carbons (Fsp3) is 0.625. The molecule has 0 aromatic heterocycles. The summed E-state index contributed by atoms with van der Waals surface area (Å²) in [5.41, 5.74) is 5.71. The van der Waals surface area contributed by atoms with E-state index in [9.17, 15) is 0 Å². The summed E-state index contributed by atoms with van der Waals surface area (Å²) in [4.78, 5) is 0. The second-order valence-electron chi connectivity index (χ2n) is 6.42. The quantitative estimate of drug-likeness (QED) is 0.647. The molecule has 1 aliphatic heterocycles. The lowest BCUT2D eigenvalue weighted by molar-refractivity contribution is 0.271. The van der Waals surface area contributed by atoms with Crippen molar-refractivity contribution in [2.45, 2.75) is 38.1 Å². The Labute approximate surface area is 114 Å². The smallest absolute Gasteiger partial charge is 0.127 e. The summed E-state index contributed by atoms with van der Waals surface area (Å²) in [6, 6.07) is 6.81. The third kappa shape index (κ3) is 1.96. The first-order valence-electron chi connectivity index (χ1n) is 7.57. The molecule has 19 heavy (non-hydrogen) atoms. The molecule has 0 saturated heterocycles. The predicted octanol–water partition coefficient (Wildman–Crippen LogP) is 2.56. The maximum absolute atomic E-state index is 5.94. The van der Waals surface area contributed by atoms with Gasteiger partial charge in [-0.2, -0.15) is 0 Å². The average Bonchev–Trinajstić information content (AvgIpc) is 3.07. The van der Waals surface area contributed by atoms with Gasteiger partial charge in [-0.1, -0.05) is 18.2 Å². The van der Waals surface area contributed by atoms with Crippen LogP contribution in [0.15, 0.2) is 18.2 Å². The van der Waals surface area contributed by atoms with Gasteiger partial charge in [-0.25, -0.2) is 0 Å². The van der Waals surface area contributed by atoms with Crippen LogP contribution in [0.3, 0.4) is 0 Å². The Kier molecular flexibility index (Phi) is 2.78. The third-order valence-electron chi connectivity index (χ3n) is 5.23. The van der Waals surface area contributed by atoms with Gasteiger partial charge in [-0.05, 0) is 55.4 Å². The van der Waals surface area contributed by atoms with Crippen LogP contribution in [-0.2, 0) is 6.42 Å². The molecule has 3 nitrogen and oxygen atoms in total. The summed E-state index contributed by atoms with van der Waals surface area (Å²) in [6.45, 7) is 0.844. The van der Waals surface area contributed by atoms with E-state index in [2.05, 4.69) is 23.6 Å². The van der Waals surface area contributed by atoms with Gasteiger partial charge in [0.05, 0.1) is 12.6 Å². The van der Waals surface area contributed by atoms with E-state index < -0.39 is 0 Å². The summed E-state index contributed by atoms with van der Waals surface area (Å²) in [7, 11) is 0. The molecule has 1 aromatic rings. The molecule has 3 N–H and O–H groups in total. The third-order valence-corrected chi connectivity index (χ3v) is 5.23. The first kappa shape index (κ1) is 11.7. The molecule has 0 amide bonds. The van der Waals surface area contributed by atoms with Gasteiger partial charge in [0.15, 0.2) is 0 Å². The zero-order chi connectivity index (χ0) is 12.8. The van der Waals surface area contributed by atoms with Gasteiger partial charge < -0.3 is 4.74 Å². The number of hydrogen-bond donors (Lipinski definition) is 2. The molecule has 3 atom stereocenters. The van der Waals surface area contributed by atoms with E-state index in [1.165, 1.54) is 30.4 Å². The van der Waals surface area contributed by atoms with E-state index in [1.807, 2.05) is 0 Å². The molecule has 1 heterocycles. The second kappa shape index (κ2) is 4.50. The summed E-state index contributed by atoms with van der Waals surface area (Å²) in [5.74, 6) is 9.64. The number of rotatable bonds is 3. The van der Waals surface area contributed by atoms with E-state index in [1.54, 1.807) is 0 Å². The molecule has 3 heteroatoms. The summed E-state index contributed by atoms with van der Waals surface area (Å²) in [6.07, 6.45) is 6.39. The Balaban J connectivity index is 1.65. The van der Waals surface area contributed by atoms with Crippen LogP contribution in [0.25, 0.3) is 0 Å². The lowest BCUT2D eigenvalue weighted by atomic mass is 9.87. The van der Waals surface area contributed by atoms with Gasteiger partial charge >= 0.3 is 0 Å². The van der Waals surface area contributed by atoms with Crippen molar-refractivity contribution in [2.24, 2.45) is 23.6 Å². The number of para-hydroxylation sites is 1. The highest BCUT2D eigenvalue weighted by atomic mass is 16.5. The SMILES string of the molecule is NNC(c1cccc2c1OCCC2)C1CC2CC2C1.